The molecule has 1 aromatic carbocycles. The average Bonchev–Trinajstić information content (AvgIpc) is 3.50. The predicted octanol–water partition coefficient (Wildman–Crippen LogP) is 6.18. The maximum atomic E-state index is 12.3. The summed E-state index contributed by atoms with van der Waals surface area (Å²) in [6.45, 7) is 1.92. The van der Waals surface area contributed by atoms with Crippen molar-refractivity contribution in [1.29, 1.82) is 0 Å². The highest BCUT2D eigenvalue weighted by Crippen LogP contribution is 2.35. The fourth-order valence-corrected chi connectivity index (χ4v) is 5.33. The van der Waals surface area contributed by atoms with Gasteiger partial charge in [0.15, 0.2) is 10.3 Å². The van der Waals surface area contributed by atoms with Crippen molar-refractivity contribution in [3.63, 3.8) is 0 Å². The molecular weight excluding hydrogens is 434 g/mol. The SMILES string of the molecule is Cc1nc(NC(=O)c2cccs2)sc1-c1csc(Nc2nccc3ccccc23)n1. The molecule has 1 amide bonds. The first-order valence-electron chi connectivity index (χ1n) is 9.06. The van der Waals surface area contributed by atoms with Crippen LogP contribution in [-0.2, 0) is 0 Å². The summed E-state index contributed by atoms with van der Waals surface area (Å²) in [6, 6.07) is 13.7. The lowest BCUT2D eigenvalue weighted by molar-refractivity contribution is 0.103. The number of hydrogen-bond acceptors (Lipinski definition) is 8. The second-order valence-electron chi connectivity index (χ2n) is 6.41. The minimum atomic E-state index is -0.145. The molecule has 148 valence electrons. The number of carbonyl (C=O) groups excluding carboxylic acids is 1. The molecular formula is C21H15N5OS3. The molecule has 4 heterocycles. The average molecular weight is 450 g/mol. The molecule has 30 heavy (non-hydrogen) atoms. The third-order valence-electron chi connectivity index (χ3n) is 4.40. The number of amides is 1. The number of rotatable bonds is 5. The highest BCUT2D eigenvalue weighted by Gasteiger charge is 2.16. The van der Waals surface area contributed by atoms with Crippen LogP contribution in [0.1, 0.15) is 15.4 Å². The van der Waals surface area contributed by atoms with Gasteiger partial charge in [0, 0.05) is 17.0 Å². The van der Waals surface area contributed by atoms with Gasteiger partial charge in [-0.3, -0.25) is 10.1 Å². The number of aryl methyl sites for hydroxylation is 1. The van der Waals surface area contributed by atoms with Crippen LogP contribution in [0.15, 0.2) is 59.4 Å². The van der Waals surface area contributed by atoms with Gasteiger partial charge < -0.3 is 5.32 Å². The third-order valence-corrected chi connectivity index (χ3v) is 7.12. The van der Waals surface area contributed by atoms with Gasteiger partial charge in [-0.1, -0.05) is 41.7 Å². The van der Waals surface area contributed by atoms with Gasteiger partial charge in [-0.05, 0) is 29.8 Å². The number of aromatic nitrogens is 3. The number of thiophene rings is 1. The van der Waals surface area contributed by atoms with E-state index in [9.17, 15) is 4.79 Å². The Kier molecular flexibility index (Phi) is 4.99. The smallest absolute Gasteiger partial charge is 0.267 e. The zero-order valence-corrected chi connectivity index (χ0v) is 18.2. The Hall–Kier alpha value is -3.14. The van der Waals surface area contributed by atoms with E-state index in [-0.39, 0.29) is 5.91 Å². The largest absolute Gasteiger partial charge is 0.316 e. The topological polar surface area (TPSA) is 79.8 Å². The number of nitrogens with one attached hydrogen (secondary N) is 2. The second kappa shape index (κ2) is 7.94. The van der Waals surface area contributed by atoms with Crippen molar-refractivity contribution in [1.82, 2.24) is 15.0 Å². The van der Waals surface area contributed by atoms with Gasteiger partial charge in [-0.25, -0.2) is 15.0 Å². The van der Waals surface area contributed by atoms with E-state index in [4.69, 9.17) is 4.98 Å². The highest BCUT2D eigenvalue weighted by molar-refractivity contribution is 7.20. The molecule has 0 aliphatic rings. The van der Waals surface area contributed by atoms with E-state index in [2.05, 4.69) is 26.7 Å². The van der Waals surface area contributed by atoms with Crippen LogP contribution in [0.5, 0.6) is 0 Å². The Balaban J connectivity index is 1.38. The van der Waals surface area contributed by atoms with E-state index in [1.54, 1.807) is 12.3 Å². The van der Waals surface area contributed by atoms with E-state index in [1.807, 2.05) is 48.0 Å². The molecule has 0 saturated carbocycles. The first-order valence-corrected chi connectivity index (χ1v) is 11.6. The first kappa shape index (κ1) is 18.9. The minimum Gasteiger partial charge on any atom is -0.316 e. The van der Waals surface area contributed by atoms with Crippen molar-refractivity contribution in [3.8, 4) is 10.6 Å². The predicted molar refractivity (Wildman–Crippen MR) is 125 cm³/mol. The van der Waals surface area contributed by atoms with Gasteiger partial charge in [-0.2, -0.15) is 0 Å². The molecule has 0 aliphatic heterocycles. The number of carbonyl (C=O) groups is 1. The third kappa shape index (κ3) is 3.70. The Morgan fingerprint density at radius 2 is 1.90 bits per heavy atom. The standard InChI is InChI=1S/C21H15N5OS3/c1-12-17(30-21(23-12)26-19(27)16-7-4-10-28-16)15-11-29-20(24-15)25-18-14-6-3-2-5-13(14)8-9-22-18/h2-11H,1H3,(H,22,24,25)(H,23,26,27). The molecule has 5 aromatic rings. The molecule has 4 aromatic heterocycles. The Labute approximate surface area is 184 Å². The van der Waals surface area contributed by atoms with Crippen molar-refractivity contribution in [2.24, 2.45) is 0 Å². The van der Waals surface area contributed by atoms with Crippen LogP contribution in [0, 0.1) is 6.92 Å². The Bertz CT molecular complexity index is 1330. The van der Waals surface area contributed by atoms with Crippen LogP contribution >= 0.6 is 34.0 Å². The number of pyridine rings is 1. The van der Waals surface area contributed by atoms with Crippen LogP contribution in [0.3, 0.4) is 0 Å². The van der Waals surface area contributed by atoms with Crippen LogP contribution in [0.25, 0.3) is 21.3 Å². The quantitative estimate of drug-likeness (QED) is 0.335. The summed E-state index contributed by atoms with van der Waals surface area (Å²) < 4.78 is 0. The van der Waals surface area contributed by atoms with Gasteiger partial charge in [0.05, 0.1) is 21.1 Å². The summed E-state index contributed by atoms with van der Waals surface area (Å²) in [5.74, 6) is 0.631. The van der Waals surface area contributed by atoms with E-state index >= 15 is 0 Å². The molecule has 0 aliphatic carbocycles. The van der Waals surface area contributed by atoms with E-state index < -0.39 is 0 Å². The minimum absolute atomic E-state index is 0.145. The maximum Gasteiger partial charge on any atom is 0.267 e. The molecule has 0 spiro atoms. The van der Waals surface area contributed by atoms with Crippen LogP contribution in [0.2, 0.25) is 0 Å². The van der Waals surface area contributed by atoms with Gasteiger partial charge in [0.2, 0.25) is 0 Å². The number of hydrogen-bond donors (Lipinski definition) is 2. The lowest BCUT2D eigenvalue weighted by atomic mass is 10.2. The number of thiazole rings is 2. The lowest BCUT2D eigenvalue weighted by Crippen LogP contribution is -2.09. The van der Waals surface area contributed by atoms with Crippen molar-refractivity contribution >= 4 is 66.8 Å². The summed E-state index contributed by atoms with van der Waals surface area (Å²) in [7, 11) is 0. The van der Waals surface area contributed by atoms with Crippen molar-refractivity contribution in [2.75, 3.05) is 10.6 Å². The Morgan fingerprint density at radius 3 is 2.77 bits per heavy atom. The highest BCUT2D eigenvalue weighted by atomic mass is 32.1. The van der Waals surface area contributed by atoms with Crippen molar-refractivity contribution in [2.45, 2.75) is 6.92 Å². The fraction of sp³-hybridized carbons (Fsp3) is 0.0476. The number of benzene rings is 1. The summed E-state index contributed by atoms with van der Waals surface area (Å²) in [5, 5.41) is 13.6. The van der Waals surface area contributed by atoms with Gasteiger partial charge in [0.1, 0.15) is 5.82 Å². The molecule has 0 fully saturated rings. The Morgan fingerprint density at radius 1 is 1.00 bits per heavy atom. The second-order valence-corrected chi connectivity index (χ2v) is 9.21. The number of nitrogens with zero attached hydrogens (tertiary/aromatic N) is 3. The maximum absolute atomic E-state index is 12.3. The summed E-state index contributed by atoms with van der Waals surface area (Å²) in [4.78, 5) is 27.5. The molecule has 5 rings (SSSR count). The van der Waals surface area contributed by atoms with Crippen LogP contribution in [0.4, 0.5) is 16.1 Å². The molecule has 9 heteroatoms. The lowest BCUT2D eigenvalue weighted by Gasteiger charge is -2.05. The summed E-state index contributed by atoms with van der Waals surface area (Å²) in [6.07, 6.45) is 1.79. The molecule has 0 bridgehead atoms. The van der Waals surface area contributed by atoms with E-state index in [1.165, 1.54) is 34.0 Å². The van der Waals surface area contributed by atoms with E-state index in [0.717, 1.165) is 38.0 Å². The normalized spacial score (nSPS) is 11.0. The van der Waals surface area contributed by atoms with Gasteiger partial charge in [-0.15, -0.1) is 22.7 Å². The number of anilines is 3. The summed E-state index contributed by atoms with van der Waals surface area (Å²) in [5.41, 5.74) is 1.66. The van der Waals surface area contributed by atoms with Gasteiger partial charge in [0.25, 0.3) is 5.91 Å². The molecule has 0 atom stereocenters. The zero-order valence-electron chi connectivity index (χ0n) is 15.7. The monoisotopic (exact) mass is 449 g/mol. The first-order chi connectivity index (χ1) is 14.7. The van der Waals surface area contributed by atoms with Crippen LogP contribution in [-0.4, -0.2) is 20.9 Å². The van der Waals surface area contributed by atoms with Crippen molar-refractivity contribution in [3.05, 3.63) is 70.0 Å². The molecule has 0 radical (unpaired) electrons. The van der Waals surface area contributed by atoms with E-state index in [0.29, 0.717) is 10.0 Å². The fourth-order valence-electron chi connectivity index (χ4n) is 3.01. The van der Waals surface area contributed by atoms with Crippen molar-refractivity contribution < 1.29 is 4.79 Å². The molecule has 0 unspecified atom stereocenters. The molecule has 6 nitrogen and oxygen atoms in total. The van der Waals surface area contributed by atoms with Gasteiger partial charge >= 0.3 is 0 Å². The molecule has 2 N–H and O–H groups in total. The molecule has 0 saturated heterocycles. The number of fused-ring (bicyclic) bond motifs is 1. The van der Waals surface area contributed by atoms with Crippen LogP contribution < -0.4 is 10.6 Å². The zero-order chi connectivity index (χ0) is 20.5. The summed E-state index contributed by atoms with van der Waals surface area (Å²) >= 11 is 4.33.